The number of likely N-dealkylation sites (tertiary alicyclic amines) is 1. The first-order valence-corrected chi connectivity index (χ1v) is 9.79. The minimum atomic E-state index is -0.448. The predicted octanol–water partition coefficient (Wildman–Crippen LogP) is 3.77. The molecule has 2 aromatic rings. The third kappa shape index (κ3) is 4.24. The average Bonchev–Trinajstić information content (AvgIpc) is 3.10. The molecule has 3 rings (SSSR count). The quantitative estimate of drug-likeness (QED) is 0.805. The molecule has 2 heterocycles. The summed E-state index contributed by atoms with van der Waals surface area (Å²) in [7, 11) is 3.69. The Kier molecular flexibility index (Phi) is 5.70. The SMILES string of the molecule is Cc1ccc(-c2cc(CC3(C(=O)N(C)C)CCCN(C(C)C)C3)on2)cc1. The van der Waals surface area contributed by atoms with Crippen LogP contribution in [0.25, 0.3) is 11.3 Å². The van der Waals surface area contributed by atoms with Gasteiger partial charge in [0.1, 0.15) is 11.5 Å². The molecule has 1 aromatic carbocycles. The third-order valence-electron chi connectivity index (χ3n) is 5.62. The fraction of sp³-hybridized carbons (Fsp3) is 0.545. The number of piperidine rings is 1. The highest BCUT2D eigenvalue weighted by molar-refractivity contribution is 5.83. The fourth-order valence-electron chi connectivity index (χ4n) is 4.07. The first-order valence-electron chi connectivity index (χ1n) is 9.79. The van der Waals surface area contributed by atoms with Crippen molar-refractivity contribution in [3.8, 4) is 11.3 Å². The Morgan fingerprint density at radius 1 is 1.30 bits per heavy atom. The van der Waals surface area contributed by atoms with E-state index in [2.05, 4.69) is 55.1 Å². The molecule has 146 valence electrons. The summed E-state index contributed by atoms with van der Waals surface area (Å²) in [5.74, 6) is 0.965. The molecule has 0 radical (unpaired) electrons. The Morgan fingerprint density at radius 2 is 2.00 bits per heavy atom. The monoisotopic (exact) mass is 369 g/mol. The van der Waals surface area contributed by atoms with Crippen molar-refractivity contribution in [2.75, 3.05) is 27.2 Å². The molecule has 27 heavy (non-hydrogen) atoms. The molecule has 1 fully saturated rings. The van der Waals surface area contributed by atoms with E-state index >= 15 is 0 Å². The van der Waals surface area contributed by atoms with Gasteiger partial charge in [-0.05, 0) is 40.2 Å². The van der Waals surface area contributed by atoms with Crippen LogP contribution in [0.2, 0.25) is 0 Å². The fourth-order valence-corrected chi connectivity index (χ4v) is 4.07. The standard InChI is InChI=1S/C22H31N3O2/c1-16(2)25-12-6-11-22(15-25,21(26)24(4)5)14-19-13-20(23-27-19)18-9-7-17(3)8-10-18/h7-10,13,16H,6,11-12,14-15H2,1-5H3. The van der Waals surface area contributed by atoms with Gasteiger partial charge in [0.15, 0.2) is 0 Å². The Bertz CT molecular complexity index is 779. The van der Waals surface area contributed by atoms with E-state index in [1.54, 1.807) is 4.90 Å². The lowest BCUT2D eigenvalue weighted by Gasteiger charge is -2.44. The van der Waals surface area contributed by atoms with E-state index in [-0.39, 0.29) is 5.91 Å². The zero-order chi connectivity index (χ0) is 19.6. The molecular weight excluding hydrogens is 338 g/mol. The summed E-state index contributed by atoms with van der Waals surface area (Å²) in [6.07, 6.45) is 2.50. The molecule has 1 aliphatic rings. The summed E-state index contributed by atoms with van der Waals surface area (Å²) < 4.78 is 5.66. The molecule has 0 saturated carbocycles. The first kappa shape index (κ1) is 19.6. The molecule has 1 atom stereocenters. The molecule has 0 bridgehead atoms. The van der Waals surface area contributed by atoms with Crippen molar-refractivity contribution in [2.45, 2.75) is 46.1 Å². The highest BCUT2D eigenvalue weighted by Gasteiger charge is 2.44. The zero-order valence-electron chi connectivity index (χ0n) is 17.2. The van der Waals surface area contributed by atoms with Gasteiger partial charge < -0.3 is 9.42 Å². The second kappa shape index (κ2) is 7.85. The van der Waals surface area contributed by atoms with Crippen LogP contribution in [0.5, 0.6) is 0 Å². The largest absolute Gasteiger partial charge is 0.361 e. The van der Waals surface area contributed by atoms with Crippen LogP contribution in [-0.2, 0) is 11.2 Å². The normalized spacial score (nSPS) is 20.8. The van der Waals surface area contributed by atoms with Gasteiger partial charge in [-0.15, -0.1) is 0 Å². The van der Waals surface area contributed by atoms with Crippen LogP contribution in [-0.4, -0.2) is 54.1 Å². The molecular formula is C22H31N3O2. The van der Waals surface area contributed by atoms with Gasteiger partial charge >= 0.3 is 0 Å². The lowest BCUT2D eigenvalue weighted by molar-refractivity contribution is -0.143. The van der Waals surface area contributed by atoms with Crippen molar-refractivity contribution in [1.29, 1.82) is 0 Å². The number of benzene rings is 1. The van der Waals surface area contributed by atoms with Gasteiger partial charge in [-0.1, -0.05) is 35.0 Å². The van der Waals surface area contributed by atoms with Crippen molar-refractivity contribution in [2.24, 2.45) is 5.41 Å². The van der Waals surface area contributed by atoms with Crippen LogP contribution in [0, 0.1) is 12.3 Å². The van der Waals surface area contributed by atoms with Crippen molar-refractivity contribution in [3.05, 3.63) is 41.7 Å². The van der Waals surface area contributed by atoms with Crippen LogP contribution < -0.4 is 0 Å². The first-order chi connectivity index (χ1) is 12.8. The maximum Gasteiger partial charge on any atom is 0.230 e. The predicted molar refractivity (Wildman–Crippen MR) is 107 cm³/mol. The van der Waals surface area contributed by atoms with Crippen molar-refractivity contribution < 1.29 is 9.32 Å². The number of aromatic nitrogens is 1. The van der Waals surface area contributed by atoms with Gasteiger partial charge in [-0.2, -0.15) is 0 Å². The molecule has 1 unspecified atom stereocenters. The smallest absolute Gasteiger partial charge is 0.230 e. The molecule has 1 amide bonds. The minimum Gasteiger partial charge on any atom is -0.361 e. The molecule has 0 aliphatic carbocycles. The van der Waals surface area contributed by atoms with Gasteiger partial charge in [0.25, 0.3) is 0 Å². The number of rotatable bonds is 5. The average molecular weight is 370 g/mol. The van der Waals surface area contributed by atoms with Crippen molar-refractivity contribution in [3.63, 3.8) is 0 Å². The zero-order valence-corrected chi connectivity index (χ0v) is 17.2. The van der Waals surface area contributed by atoms with E-state index in [4.69, 9.17) is 4.52 Å². The van der Waals surface area contributed by atoms with Gasteiger partial charge in [-0.3, -0.25) is 9.69 Å². The maximum absolute atomic E-state index is 13.1. The lowest BCUT2D eigenvalue weighted by Crippen LogP contribution is -2.54. The molecule has 5 heteroatoms. The van der Waals surface area contributed by atoms with Crippen LogP contribution >= 0.6 is 0 Å². The minimum absolute atomic E-state index is 0.182. The Balaban J connectivity index is 1.86. The summed E-state index contributed by atoms with van der Waals surface area (Å²) in [5, 5.41) is 4.26. The van der Waals surface area contributed by atoms with Crippen LogP contribution in [0.1, 0.15) is 38.0 Å². The van der Waals surface area contributed by atoms with E-state index in [0.29, 0.717) is 12.5 Å². The number of hydrogen-bond donors (Lipinski definition) is 0. The van der Waals surface area contributed by atoms with Crippen molar-refractivity contribution >= 4 is 5.91 Å². The van der Waals surface area contributed by atoms with Gasteiger partial charge in [0.2, 0.25) is 5.91 Å². The topological polar surface area (TPSA) is 49.6 Å². The lowest BCUT2D eigenvalue weighted by atomic mass is 9.74. The molecule has 1 saturated heterocycles. The summed E-state index contributed by atoms with van der Waals surface area (Å²) >= 11 is 0. The Labute approximate surface area is 162 Å². The van der Waals surface area contributed by atoms with E-state index in [0.717, 1.165) is 42.9 Å². The highest BCUT2D eigenvalue weighted by atomic mass is 16.5. The summed E-state index contributed by atoms with van der Waals surface area (Å²) in [6.45, 7) is 8.27. The number of carbonyl (C=O) groups excluding carboxylic acids is 1. The number of carbonyl (C=O) groups is 1. The number of aryl methyl sites for hydroxylation is 1. The van der Waals surface area contributed by atoms with Crippen LogP contribution in [0.15, 0.2) is 34.9 Å². The molecule has 0 N–H and O–H groups in total. The molecule has 1 aromatic heterocycles. The van der Waals surface area contributed by atoms with E-state index in [1.165, 1.54) is 5.56 Å². The number of nitrogens with zero attached hydrogens (tertiary/aromatic N) is 3. The summed E-state index contributed by atoms with van der Waals surface area (Å²) in [6, 6.07) is 10.7. The number of hydrogen-bond acceptors (Lipinski definition) is 4. The molecule has 1 aliphatic heterocycles. The number of amides is 1. The summed E-state index contributed by atoms with van der Waals surface area (Å²) in [5.41, 5.74) is 2.63. The second-order valence-electron chi connectivity index (χ2n) is 8.37. The van der Waals surface area contributed by atoms with Gasteiger partial charge in [-0.25, -0.2) is 0 Å². The second-order valence-corrected chi connectivity index (χ2v) is 8.37. The maximum atomic E-state index is 13.1. The molecule has 5 nitrogen and oxygen atoms in total. The highest BCUT2D eigenvalue weighted by Crippen LogP contribution is 2.37. The van der Waals surface area contributed by atoms with E-state index in [1.807, 2.05) is 20.2 Å². The third-order valence-corrected chi connectivity index (χ3v) is 5.62. The summed E-state index contributed by atoms with van der Waals surface area (Å²) in [4.78, 5) is 17.3. The van der Waals surface area contributed by atoms with Crippen LogP contribution in [0.3, 0.4) is 0 Å². The van der Waals surface area contributed by atoms with E-state index in [9.17, 15) is 4.79 Å². The Hall–Kier alpha value is -2.14. The van der Waals surface area contributed by atoms with Gasteiger partial charge in [0, 0.05) is 44.7 Å². The van der Waals surface area contributed by atoms with Crippen molar-refractivity contribution in [1.82, 2.24) is 15.0 Å². The van der Waals surface area contributed by atoms with Crippen LogP contribution in [0.4, 0.5) is 0 Å². The van der Waals surface area contributed by atoms with Gasteiger partial charge in [0.05, 0.1) is 5.41 Å². The molecule has 0 spiro atoms. The Morgan fingerprint density at radius 3 is 2.63 bits per heavy atom. The van der Waals surface area contributed by atoms with E-state index < -0.39 is 5.41 Å².